The van der Waals surface area contributed by atoms with Crippen LogP contribution < -0.4 is 4.24 Å². The van der Waals surface area contributed by atoms with Crippen molar-refractivity contribution in [1.82, 2.24) is 0 Å². The molecule has 2 heteroatoms. The van der Waals surface area contributed by atoms with E-state index in [0.717, 1.165) is 5.56 Å². The van der Waals surface area contributed by atoms with Gasteiger partial charge in [0.05, 0.1) is 0 Å². The van der Waals surface area contributed by atoms with Gasteiger partial charge in [-0.25, -0.2) is 0 Å². The molecule has 0 saturated heterocycles. The van der Waals surface area contributed by atoms with E-state index >= 15 is 0 Å². The molecule has 1 aromatic carbocycles. The van der Waals surface area contributed by atoms with Crippen LogP contribution >= 0.6 is 0 Å². The summed E-state index contributed by atoms with van der Waals surface area (Å²) in [4.78, 5) is 0. The van der Waals surface area contributed by atoms with Crippen molar-refractivity contribution in [3.63, 3.8) is 0 Å². The third-order valence-electron chi connectivity index (χ3n) is 1.33. The summed E-state index contributed by atoms with van der Waals surface area (Å²) in [6.07, 6.45) is 0. The van der Waals surface area contributed by atoms with E-state index in [9.17, 15) is 4.39 Å². The third-order valence-corrected chi connectivity index (χ3v) is 1.33. The summed E-state index contributed by atoms with van der Waals surface area (Å²) in [6.45, 7) is 1.88. The van der Waals surface area contributed by atoms with Gasteiger partial charge in [0.25, 0.3) is 0 Å². The van der Waals surface area contributed by atoms with Crippen LogP contribution in [-0.2, 0) is 0 Å². The number of aryl methyl sites for hydroxylation is 1. The summed E-state index contributed by atoms with van der Waals surface area (Å²) in [5.74, 6) is -0.116. The molecule has 0 atom stereocenters. The molecule has 9 heavy (non-hydrogen) atoms. The average Bonchev–Trinajstić information content (AvgIpc) is 1.80. The van der Waals surface area contributed by atoms with Crippen LogP contribution in [0.5, 0.6) is 0 Å². The van der Waals surface area contributed by atoms with E-state index < -0.39 is 0 Å². The minimum absolute atomic E-state index is 0.116. The van der Waals surface area contributed by atoms with Gasteiger partial charge in [-0.15, -0.1) is 0 Å². The Morgan fingerprint density at radius 1 is 1.44 bits per heavy atom. The molecule has 0 aliphatic heterocycles. The Morgan fingerprint density at radius 2 is 2.11 bits per heavy atom. The fourth-order valence-electron chi connectivity index (χ4n) is 0.698. The van der Waals surface area contributed by atoms with Crippen molar-refractivity contribution in [3.05, 3.63) is 29.6 Å². The van der Waals surface area contributed by atoms with Crippen LogP contribution in [0.4, 0.5) is 4.39 Å². The first kappa shape index (κ1) is 6.86. The third kappa shape index (κ3) is 1.57. The van der Waals surface area contributed by atoms with Crippen molar-refractivity contribution >= 4 is 22.0 Å². The SMILES string of the molecule is [Li][c]1ccc(C)cc1F. The Bertz CT molecular complexity index is 220. The Kier molecular flexibility index (Phi) is 1.95. The maximum absolute atomic E-state index is 12.6. The zero-order valence-corrected chi connectivity index (χ0v) is 5.61. The van der Waals surface area contributed by atoms with E-state index in [1.54, 1.807) is 23.8 Å². The predicted molar refractivity (Wildman–Crippen MR) is 36.5 cm³/mol. The van der Waals surface area contributed by atoms with Crippen molar-refractivity contribution in [2.45, 2.75) is 6.92 Å². The second-order valence-corrected chi connectivity index (χ2v) is 2.25. The van der Waals surface area contributed by atoms with E-state index in [-0.39, 0.29) is 5.82 Å². The maximum atomic E-state index is 12.6. The van der Waals surface area contributed by atoms with E-state index in [1.807, 2.05) is 13.0 Å². The Labute approximate surface area is 63.3 Å². The minimum atomic E-state index is -0.116. The number of hydrogen-bond donors (Lipinski definition) is 0. The first-order valence-electron chi connectivity index (χ1n) is 2.93. The Hall–Kier alpha value is -0.253. The van der Waals surface area contributed by atoms with Gasteiger partial charge < -0.3 is 0 Å². The van der Waals surface area contributed by atoms with Crippen molar-refractivity contribution in [2.75, 3.05) is 0 Å². The van der Waals surface area contributed by atoms with Crippen LogP contribution in [0.2, 0.25) is 0 Å². The molecule has 0 saturated carbocycles. The molecule has 0 amide bonds. The molecule has 0 N–H and O–H groups in total. The summed E-state index contributed by atoms with van der Waals surface area (Å²) in [5.41, 5.74) is 0.970. The molecule has 0 fully saturated rings. The molecule has 0 radical (unpaired) electrons. The van der Waals surface area contributed by atoms with Gasteiger partial charge in [0.15, 0.2) is 0 Å². The second-order valence-electron chi connectivity index (χ2n) is 2.25. The van der Waals surface area contributed by atoms with Gasteiger partial charge in [-0.2, -0.15) is 0 Å². The first-order valence-corrected chi connectivity index (χ1v) is 2.93. The summed E-state index contributed by atoms with van der Waals surface area (Å²) >= 11 is 1.76. The molecular formula is C7H6FLi. The number of rotatable bonds is 0. The van der Waals surface area contributed by atoms with Gasteiger partial charge in [0, 0.05) is 0 Å². The first-order chi connectivity index (χ1) is 4.20. The molecule has 0 bridgehead atoms. The number of hydrogen-bond acceptors (Lipinski definition) is 0. The Morgan fingerprint density at radius 3 is 2.56 bits per heavy atom. The van der Waals surface area contributed by atoms with Crippen LogP contribution in [-0.4, -0.2) is 17.7 Å². The van der Waals surface area contributed by atoms with Crippen molar-refractivity contribution in [2.24, 2.45) is 0 Å². The van der Waals surface area contributed by atoms with E-state index in [0.29, 0.717) is 4.24 Å². The van der Waals surface area contributed by atoms with Gasteiger partial charge in [0.1, 0.15) is 0 Å². The molecule has 1 aromatic rings. The van der Waals surface area contributed by atoms with Gasteiger partial charge in [-0.1, -0.05) is 0 Å². The fraction of sp³-hybridized carbons (Fsp3) is 0.143. The normalized spacial score (nSPS) is 9.78. The van der Waals surface area contributed by atoms with Gasteiger partial charge in [0.2, 0.25) is 0 Å². The molecule has 0 heterocycles. The molecule has 0 nitrogen and oxygen atoms in total. The van der Waals surface area contributed by atoms with Crippen LogP contribution in [0.3, 0.4) is 0 Å². The van der Waals surface area contributed by atoms with Crippen molar-refractivity contribution in [3.8, 4) is 0 Å². The summed E-state index contributed by atoms with van der Waals surface area (Å²) < 4.78 is 13.3. The van der Waals surface area contributed by atoms with E-state index in [2.05, 4.69) is 0 Å². The summed E-state index contributed by atoms with van der Waals surface area (Å²) in [5, 5.41) is 0. The molecule has 42 valence electrons. The monoisotopic (exact) mass is 116 g/mol. The second kappa shape index (κ2) is 2.56. The zero-order chi connectivity index (χ0) is 6.85. The molecule has 0 aliphatic rings. The summed E-state index contributed by atoms with van der Waals surface area (Å²) in [6, 6.07) is 5.22. The van der Waals surface area contributed by atoms with Crippen molar-refractivity contribution in [1.29, 1.82) is 0 Å². The molecular weight excluding hydrogens is 110 g/mol. The Balaban J connectivity index is 3.17. The molecule has 0 spiro atoms. The number of halogens is 1. The molecule has 0 aromatic heterocycles. The molecule has 1 rings (SSSR count). The fourth-order valence-corrected chi connectivity index (χ4v) is 0.698. The van der Waals surface area contributed by atoms with Crippen molar-refractivity contribution < 1.29 is 4.39 Å². The number of benzene rings is 1. The van der Waals surface area contributed by atoms with Crippen LogP contribution in [0.1, 0.15) is 5.56 Å². The van der Waals surface area contributed by atoms with Crippen LogP contribution in [0.25, 0.3) is 0 Å². The quantitative estimate of drug-likeness (QED) is 0.442. The van der Waals surface area contributed by atoms with E-state index in [1.165, 1.54) is 6.07 Å². The summed E-state index contributed by atoms with van der Waals surface area (Å²) in [7, 11) is 0. The molecule has 0 aliphatic carbocycles. The predicted octanol–water partition coefficient (Wildman–Crippen LogP) is 0.928. The van der Waals surface area contributed by atoms with E-state index in [4.69, 9.17) is 0 Å². The van der Waals surface area contributed by atoms with Gasteiger partial charge in [-0.3, -0.25) is 0 Å². The average molecular weight is 116 g/mol. The zero-order valence-electron chi connectivity index (χ0n) is 5.61. The topological polar surface area (TPSA) is 0 Å². The molecule has 0 unspecified atom stereocenters. The van der Waals surface area contributed by atoms with Crippen LogP contribution in [0, 0.1) is 12.7 Å². The van der Waals surface area contributed by atoms with Gasteiger partial charge in [-0.05, 0) is 0 Å². The van der Waals surface area contributed by atoms with Gasteiger partial charge >= 0.3 is 62.8 Å². The van der Waals surface area contributed by atoms with Crippen LogP contribution in [0.15, 0.2) is 18.2 Å². The standard InChI is InChI=1S/C7H6F.Li/c1-6-3-2-4-7(8)5-6;/h2-3,5H,1H3;.